The number of hydrogen-bond donors (Lipinski definition) is 2. The van der Waals surface area contributed by atoms with Crippen molar-refractivity contribution in [3.05, 3.63) is 24.3 Å². The molecule has 3 nitrogen and oxygen atoms in total. The Bertz CT molecular complexity index is 340. The molecule has 1 aromatic rings. The molecule has 0 saturated carbocycles. The van der Waals surface area contributed by atoms with Gasteiger partial charge in [-0.2, -0.15) is 0 Å². The quantitative estimate of drug-likeness (QED) is 0.746. The van der Waals surface area contributed by atoms with Crippen LogP contribution in [0.25, 0.3) is 0 Å². The standard InChI is InChI=1S/C14H23NO2S/c1-11(2)18-14-6-4-12(5-7-14)15(3)13(10-17)8-9-16/h4-7,11,13,16-17H,8-10H2,1-3H3. The summed E-state index contributed by atoms with van der Waals surface area (Å²) in [5, 5.41) is 18.8. The number of aliphatic hydroxyl groups is 2. The highest BCUT2D eigenvalue weighted by molar-refractivity contribution is 7.99. The van der Waals surface area contributed by atoms with Crippen molar-refractivity contribution in [2.45, 2.75) is 36.5 Å². The molecule has 0 aliphatic carbocycles. The molecular formula is C14H23NO2S. The number of thioether (sulfide) groups is 1. The normalized spacial score (nSPS) is 12.8. The third-order valence-electron chi connectivity index (χ3n) is 2.84. The number of hydrogen-bond acceptors (Lipinski definition) is 4. The van der Waals surface area contributed by atoms with Crippen molar-refractivity contribution in [3.8, 4) is 0 Å². The fourth-order valence-corrected chi connectivity index (χ4v) is 2.64. The molecule has 0 aliphatic rings. The summed E-state index contributed by atoms with van der Waals surface area (Å²) in [6.07, 6.45) is 0.579. The molecule has 1 rings (SSSR count). The minimum absolute atomic E-state index is 0.0291. The van der Waals surface area contributed by atoms with Crippen LogP contribution in [0.2, 0.25) is 0 Å². The summed E-state index contributed by atoms with van der Waals surface area (Å²) in [4.78, 5) is 3.27. The van der Waals surface area contributed by atoms with Gasteiger partial charge in [0.15, 0.2) is 0 Å². The lowest BCUT2D eigenvalue weighted by Gasteiger charge is -2.28. The number of nitrogens with zero attached hydrogens (tertiary/aromatic N) is 1. The Morgan fingerprint density at radius 1 is 1.17 bits per heavy atom. The summed E-state index contributed by atoms with van der Waals surface area (Å²) in [6, 6.07) is 8.29. The van der Waals surface area contributed by atoms with Crippen LogP contribution in [0.4, 0.5) is 5.69 Å². The molecule has 0 heterocycles. The van der Waals surface area contributed by atoms with E-state index in [1.807, 2.05) is 23.7 Å². The molecule has 0 aliphatic heterocycles. The first-order chi connectivity index (χ1) is 8.58. The number of rotatable bonds is 7. The lowest BCUT2D eigenvalue weighted by molar-refractivity contribution is 0.218. The topological polar surface area (TPSA) is 43.7 Å². The van der Waals surface area contributed by atoms with E-state index in [1.54, 1.807) is 0 Å². The van der Waals surface area contributed by atoms with E-state index < -0.39 is 0 Å². The smallest absolute Gasteiger partial charge is 0.0635 e. The van der Waals surface area contributed by atoms with Gasteiger partial charge in [0.2, 0.25) is 0 Å². The van der Waals surface area contributed by atoms with Crippen LogP contribution < -0.4 is 4.90 Å². The lowest BCUT2D eigenvalue weighted by Crippen LogP contribution is -2.35. The molecule has 0 amide bonds. The predicted molar refractivity (Wildman–Crippen MR) is 78.4 cm³/mol. The minimum Gasteiger partial charge on any atom is -0.396 e. The molecule has 0 radical (unpaired) electrons. The van der Waals surface area contributed by atoms with E-state index in [4.69, 9.17) is 5.11 Å². The van der Waals surface area contributed by atoms with Gasteiger partial charge in [-0.25, -0.2) is 0 Å². The van der Waals surface area contributed by atoms with Crippen LogP contribution >= 0.6 is 11.8 Å². The van der Waals surface area contributed by atoms with Crippen LogP contribution in [0.1, 0.15) is 20.3 Å². The van der Waals surface area contributed by atoms with Gasteiger partial charge in [0.05, 0.1) is 12.6 Å². The minimum atomic E-state index is -0.0291. The van der Waals surface area contributed by atoms with Crippen molar-refractivity contribution in [1.29, 1.82) is 0 Å². The van der Waals surface area contributed by atoms with Gasteiger partial charge in [-0.1, -0.05) is 13.8 Å². The zero-order valence-corrected chi connectivity index (χ0v) is 12.2. The number of anilines is 1. The van der Waals surface area contributed by atoms with Crippen molar-refractivity contribution in [2.75, 3.05) is 25.2 Å². The third-order valence-corrected chi connectivity index (χ3v) is 3.85. The van der Waals surface area contributed by atoms with E-state index in [1.165, 1.54) is 4.90 Å². The third kappa shape index (κ3) is 4.52. The molecule has 4 heteroatoms. The summed E-state index contributed by atoms with van der Waals surface area (Å²) in [6.45, 7) is 4.50. The fourth-order valence-electron chi connectivity index (χ4n) is 1.80. The van der Waals surface area contributed by atoms with Crippen LogP contribution in [0.5, 0.6) is 0 Å². The van der Waals surface area contributed by atoms with Crippen LogP contribution in [0.3, 0.4) is 0 Å². The summed E-state index contributed by atoms with van der Waals surface area (Å²) < 4.78 is 0. The Balaban J connectivity index is 2.71. The number of benzene rings is 1. The molecule has 0 fully saturated rings. The zero-order chi connectivity index (χ0) is 13.5. The van der Waals surface area contributed by atoms with Crippen molar-refractivity contribution in [2.24, 2.45) is 0 Å². The average molecular weight is 269 g/mol. The molecule has 102 valence electrons. The van der Waals surface area contributed by atoms with Gasteiger partial charge in [-0.05, 0) is 30.7 Å². The summed E-state index contributed by atoms with van der Waals surface area (Å²) >= 11 is 1.84. The van der Waals surface area contributed by atoms with Crippen molar-refractivity contribution < 1.29 is 10.2 Å². The lowest BCUT2D eigenvalue weighted by atomic mass is 10.2. The Hall–Kier alpha value is -0.710. The van der Waals surface area contributed by atoms with E-state index in [0.717, 1.165) is 5.69 Å². The SMILES string of the molecule is CC(C)Sc1ccc(N(C)C(CO)CCO)cc1. The molecule has 0 saturated heterocycles. The van der Waals surface area contributed by atoms with Crippen molar-refractivity contribution in [1.82, 2.24) is 0 Å². The molecule has 2 N–H and O–H groups in total. The average Bonchev–Trinajstić information content (AvgIpc) is 2.35. The van der Waals surface area contributed by atoms with Gasteiger partial charge in [0, 0.05) is 29.5 Å². The number of likely N-dealkylation sites (N-methyl/N-ethyl adjacent to an activating group) is 1. The Morgan fingerprint density at radius 3 is 2.22 bits per heavy atom. The number of aliphatic hydroxyl groups excluding tert-OH is 2. The predicted octanol–water partition coefficient (Wildman–Crippen LogP) is 2.37. The molecule has 1 atom stereocenters. The zero-order valence-electron chi connectivity index (χ0n) is 11.3. The molecular weight excluding hydrogens is 246 g/mol. The Morgan fingerprint density at radius 2 is 1.78 bits per heavy atom. The second-order valence-electron chi connectivity index (χ2n) is 4.62. The van der Waals surface area contributed by atoms with Crippen molar-refractivity contribution >= 4 is 17.4 Å². The second kappa shape index (κ2) is 7.67. The summed E-state index contributed by atoms with van der Waals surface area (Å²) in [5.41, 5.74) is 1.07. The molecule has 1 aromatic carbocycles. The maximum Gasteiger partial charge on any atom is 0.0635 e. The van der Waals surface area contributed by atoms with Gasteiger partial charge in [-0.3, -0.25) is 0 Å². The van der Waals surface area contributed by atoms with Crippen LogP contribution in [0.15, 0.2) is 29.2 Å². The Kier molecular flexibility index (Phi) is 6.54. The highest BCUT2D eigenvalue weighted by atomic mass is 32.2. The first kappa shape index (κ1) is 15.3. The molecule has 0 aromatic heterocycles. The summed E-state index contributed by atoms with van der Waals surface area (Å²) in [5.74, 6) is 0. The van der Waals surface area contributed by atoms with Crippen molar-refractivity contribution in [3.63, 3.8) is 0 Å². The fraction of sp³-hybridized carbons (Fsp3) is 0.571. The van der Waals surface area contributed by atoms with Gasteiger partial charge < -0.3 is 15.1 Å². The van der Waals surface area contributed by atoms with E-state index in [9.17, 15) is 5.11 Å². The summed E-state index contributed by atoms with van der Waals surface area (Å²) in [7, 11) is 1.95. The molecule has 18 heavy (non-hydrogen) atoms. The Labute approximate surface area is 114 Å². The van der Waals surface area contributed by atoms with E-state index in [0.29, 0.717) is 11.7 Å². The van der Waals surface area contributed by atoms with E-state index >= 15 is 0 Å². The maximum atomic E-state index is 9.31. The largest absolute Gasteiger partial charge is 0.396 e. The van der Waals surface area contributed by atoms with Crippen LogP contribution in [-0.2, 0) is 0 Å². The van der Waals surface area contributed by atoms with Crippen LogP contribution in [0, 0.1) is 0 Å². The van der Waals surface area contributed by atoms with Gasteiger partial charge in [0.25, 0.3) is 0 Å². The van der Waals surface area contributed by atoms with E-state index in [-0.39, 0.29) is 19.3 Å². The molecule has 1 unspecified atom stereocenters. The monoisotopic (exact) mass is 269 g/mol. The second-order valence-corrected chi connectivity index (χ2v) is 6.27. The van der Waals surface area contributed by atoms with E-state index in [2.05, 4.69) is 38.1 Å². The van der Waals surface area contributed by atoms with Crippen LogP contribution in [-0.4, -0.2) is 41.8 Å². The van der Waals surface area contributed by atoms with Gasteiger partial charge in [0.1, 0.15) is 0 Å². The highest BCUT2D eigenvalue weighted by Crippen LogP contribution is 2.26. The molecule has 0 bridgehead atoms. The maximum absolute atomic E-state index is 9.31. The van der Waals surface area contributed by atoms with Gasteiger partial charge >= 0.3 is 0 Å². The first-order valence-electron chi connectivity index (χ1n) is 6.29. The van der Waals surface area contributed by atoms with Gasteiger partial charge in [-0.15, -0.1) is 11.8 Å². The first-order valence-corrected chi connectivity index (χ1v) is 7.17. The molecule has 0 spiro atoms. The highest BCUT2D eigenvalue weighted by Gasteiger charge is 2.13.